The summed E-state index contributed by atoms with van der Waals surface area (Å²) >= 11 is 2.16. The third kappa shape index (κ3) is 3.45. The summed E-state index contributed by atoms with van der Waals surface area (Å²) in [6.07, 6.45) is 0. The van der Waals surface area contributed by atoms with Gasteiger partial charge in [-0.1, -0.05) is 5.22 Å². The lowest BCUT2D eigenvalue weighted by atomic mass is 10.2. The van der Waals surface area contributed by atoms with Gasteiger partial charge in [0.05, 0.1) is 11.6 Å². The molecule has 5 heteroatoms. The molecule has 0 atom stereocenters. The zero-order valence-corrected chi connectivity index (χ0v) is 11.5. The van der Waals surface area contributed by atoms with Gasteiger partial charge in [0, 0.05) is 16.7 Å². The Morgan fingerprint density at radius 1 is 1.38 bits per heavy atom. The van der Waals surface area contributed by atoms with Crippen LogP contribution in [0, 0.1) is 14.9 Å². The van der Waals surface area contributed by atoms with Crippen molar-refractivity contribution in [1.29, 1.82) is 5.26 Å². The van der Waals surface area contributed by atoms with Crippen molar-refractivity contribution in [2.75, 3.05) is 13.1 Å². The molecule has 0 aromatic heterocycles. The van der Waals surface area contributed by atoms with E-state index in [1.54, 1.807) is 12.1 Å². The minimum Gasteiger partial charge on any atom is -0.279 e. The van der Waals surface area contributed by atoms with Crippen LogP contribution in [0.15, 0.2) is 28.5 Å². The zero-order chi connectivity index (χ0) is 12.0. The molecule has 1 aromatic rings. The molecule has 84 valence electrons. The predicted octanol–water partition coefficient (Wildman–Crippen LogP) is 3.50. The first kappa shape index (κ1) is 12.9. The van der Waals surface area contributed by atoms with Crippen LogP contribution in [0.1, 0.15) is 19.4 Å². The molecule has 0 bridgehead atoms. The van der Waals surface area contributed by atoms with Crippen LogP contribution in [0.4, 0.5) is 5.69 Å². The first-order valence-electron chi connectivity index (χ1n) is 5.07. The highest BCUT2D eigenvalue weighted by atomic mass is 127. The monoisotopic (exact) mass is 328 g/mol. The van der Waals surface area contributed by atoms with E-state index in [1.165, 1.54) is 0 Å². The van der Waals surface area contributed by atoms with Gasteiger partial charge in [-0.3, -0.25) is 5.01 Å². The molecule has 0 fully saturated rings. The maximum atomic E-state index is 8.73. The van der Waals surface area contributed by atoms with Gasteiger partial charge in [-0.25, -0.2) is 0 Å². The van der Waals surface area contributed by atoms with E-state index < -0.39 is 0 Å². The summed E-state index contributed by atoms with van der Waals surface area (Å²) in [7, 11) is 0. The van der Waals surface area contributed by atoms with Crippen LogP contribution in [-0.2, 0) is 0 Å². The molecule has 0 unspecified atom stereocenters. The van der Waals surface area contributed by atoms with Gasteiger partial charge < -0.3 is 0 Å². The van der Waals surface area contributed by atoms with Crippen molar-refractivity contribution in [3.8, 4) is 6.07 Å². The number of hydrogen-bond acceptors (Lipinski definition) is 3. The summed E-state index contributed by atoms with van der Waals surface area (Å²) in [5.41, 5.74) is 1.44. The fourth-order valence-corrected chi connectivity index (χ4v) is 1.74. The standard InChI is InChI=1S/C11H13IN4/c1-3-16(4-2)15-14-11-6-5-9(8-13)7-10(11)12/h5-7H,3-4H2,1-2H3. The lowest BCUT2D eigenvalue weighted by molar-refractivity contribution is 0.300. The van der Waals surface area contributed by atoms with Crippen LogP contribution in [0.2, 0.25) is 0 Å². The second kappa shape index (κ2) is 6.43. The maximum absolute atomic E-state index is 8.73. The normalized spacial score (nSPS) is 10.4. The molecule has 0 radical (unpaired) electrons. The van der Waals surface area contributed by atoms with Crippen molar-refractivity contribution >= 4 is 28.3 Å². The maximum Gasteiger partial charge on any atom is 0.101 e. The van der Waals surface area contributed by atoms with Crippen LogP contribution in [0.5, 0.6) is 0 Å². The van der Waals surface area contributed by atoms with Crippen molar-refractivity contribution in [3.05, 3.63) is 27.3 Å². The number of rotatable bonds is 4. The van der Waals surface area contributed by atoms with Crippen molar-refractivity contribution < 1.29 is 0 Å². The van der Waals surface area contributed by atoms with Crippen molar-refractivity contribution in [2.45, 2.75) is 13.8 Å². The number of hydrogen-bond donors (Lipinski definition) is 0. The Balaban J connectivity index is 2.86. The highest BCUT2D eigenvalue weighted by molar-refractivity contribution is 14.1. The average Bonchev–Trinajstić information content (AvgIpc) is 2.32. The van der Waals surface area contributed by atoms with Gasteiger partial charge in [0.2, 0.25) is 0 Å². The second-order valence-electron chi connectivity index (χ2n) is 3.11. The molecule has 0 aliphatic rings. The summed E-state index contributed by atoms with van der Waals surface area (Å²) in [5, 5.41) is 18.9. The molecule has 0 saturated carbocycles. The minimum atomic E-state index is 0.645. The van der Waals surface area contributed by atoms with Crippen LogP contribution in [0.25, 0.3) is 0 Å². The highest BCUT2D eigenvalue weighted by Gasteiger charge is 2.00. The molecule has 0 saturated heterocycles. The Morgan fingerprint density at radius 2 is 2.06 bits per heavy atom. The Morgan fingerprint density at radius 3 is 2.56 bits per heavy atom. The molecule has 0 aliphatic carbocycles. The summed E-state index contributed by atoms with van der Waals surface area (Å²) in [5.74, 6) is 0. The van der Waals surface area contributed by atoms with Gasteiger partial charge in [0.25, 0.3) is 0 Å². The molecule has 0 N–H and O–H groups in total. The molecular weight excluding hydrogens is 315 g/mol. The average molecular weight is 328 g/mol. The number of nitriles is 1. The Hall–Kier alpha value is -1.16. The highest BCUT2D eigenvalue weighted by Crippen LogP contribution is 2.22. The first-order valence-corrected chi connectivity index (χ1v) is 6.15. The third-order valence-corrected chi connectivity index (χ3v) is 2.95. The molecule has 16 heavy (non-hydrogen) atoms. The third-order valence-electron chi connectivity index (χ3n) is 2.09. The molecule has 1 rings (SSSR count). The second-order valence-corrected chi connectivity index (χ2v) is 4.27. The van der Waals surface area contributed by atoms with E-state index in [0.717, 1.165) is 22.3 Å². The summed E-state index contributed by atoms with van der Waals surface area (Å²) in [6, 6.07) is 7.46. The van der Waals surface area contributed by atoms with Gasteiger partial charge in [-0.2, -0.15) is 5.26 Å². The van der Waals surface area contributed by atoms with E-state index in [1.807, 2.05) is 24.9 Å². The lowest BCUT2D eigenvalue weighted by Crippen LogP contribution is -2.14. The van der Waals surface area contributed by atoms with E-state index >= 15 is 0 Å². The van der Waals surface area contributed by atoms with Gasteiger partial charge >= 0.3 is 0 Å². The molecule has 0 spiro atoms. The van der Waals surface area contributed by atoms with E-state index in [0.29, 0.717) is 5.56 Å². The summed E-state index contributed by atoms with van der Waals surface area (Å²) in [6.45, 7) is 5.75. The number of benzene rings is 1. The molecule has 1 aromatic carbocycles. The number of nitrogens with zero attached hydrogens (tertiary/aromatic N) is 4. The molecular formula is C11H13IN4. The molecule has 0 heterocycles. The van der Waals surface area contributed by atoms with Crippen molar-refractivity contribution in [3.63, 3.8) is 0 Å². The predicted molar refractivity (Wildman–Crippen MR) is 71.3 cm³/mol. The fraction of sp³-hybridized carbons (Fsp3) is 0.364. The van der Waals surface area contributed by atoms with Crippen LogP contribution >= 0.6 is 22.6 Å². The minimum absolute atomic E-state index is 0.645. The Kier molecular flexibility index (Phi) is 5.19. The summed E-state index contributed by atoms with van der Waals surface area (Å²) < 4.78 is 0.938. The van der Waals surface area contributed by atoms with Gasteiger partial charge in [-0.05, 0) is 54.6 Å². The largest absolute Gasteiger partial charge is 0.279 e. The smallest absolute Gasteiger partial charge is 0.101 e. The van der Waals surface area contributed by atoms with Crippen LogP contribution < -0.4 is 0 Å². The topological polar surface area (TPSA) is 51.8 Å². The Bertz CT molecular complexity index is 418. The van der Waals surface area contributed by atoms with Crippen LogP contribution in [-0.4, -0.2) is 18.1 Å². The van der Waals surface area contributed by atoms with E-state index in [-0.39, 0.29) is 0 Å². The van der Waals surface area contributed by atoms with E-state index in [9.17, 15) is 0 Å². The van der Waals surface area contributed by atoms with Gasteiger partial charge in [-0.15, -0.1) is 5.11 Å². The first-order chi connectivity index (χ1) is 7.71. The fourth-order valence-electron chi connectivity index (χ4n) is 1.12. The Labute approximate surface area is 109 Å². The van der Waals surface area contributed by atoms with E-state index in [2.05, 4.69) is 39.0 Å². The lowest BCUT2D eigenvalue weighted by Gasteiger charge is -2.11. The molecule has 0 amide bonds. The SMILES string of the molecule is CCN(CC)N=Nc1ccc(C#N)cc1I. The van der Waals surface area contributed by atoms with Gasteiger partial charge in [0.1, 0.15) is 5.69 Å². The number of halogens is 1. The molecule has 4 nitrogen and oxygen atoms in total. The van der Waals surface area contributed by atoms with Crippen molar-refractivity contribution in [1.82, 2.24) is 5.01 Å². The van der Waals surface area contributed by atoms with Gasteiger partial charge in [0.15, 0.2) is 0 Å². The van der Waals surface area contributed by atoms with Crippen LogP contribution in [0.3, 0.4) is 0 Å². The van der Waals surface area contributed by atoms with E-state index in [4.69, 9.17) is 5.26 Å². The quantitative estimate of drug-likeness (QED) is 0.482. The zero-order valence-electron chi connectivity index (χ0n) is 9.31. The summed E-state index contributed by atoms with van der Waals surface area (Å²) in [4.78, 5) is 0. The van der Waals surface area contributed by atoms with Crippen molar-refractivity contribution in [2.24, 2.45) is 10.3 Å². The molecule has 0 aliphatic heterocycles.